The normalized spacial score (nSPS) is 18.4. The zero-order valence-electron chi connectivity index (χ0n) is 8.84. The van der Waals surface area contributed by atoms with E-state index in [2.05, 4.69) is 4.98 Å². The van der Waals surface area contributed by atoms with Crippen LogP contribution < -0.4 is 9.47 Å². The molecular formula is C12H11NO2S. The van der Waals surface area contributed by atoms with Crippen LogP contribution in [0.15, 0.2) is 30.5 Å². The number of hydrogen-bond donors (Lipinski definition) is 0. The van der Waals surface area contributed by atoms with E-state index in [0.717, 1.165) is 16.5 Å². The number of thiazole rings is 1. The Bertz CT molecular complexity index is 509. The monoisotopic (exact) mass is 233 g/mol. The van der Waals surface area contributed by atoms with Gasteiger partial charge in [-0.2, -0.15) is 0 Å². The Hall–Kier alpha value is -1.55. The van der Waals surface area contributed by atoms with Crippen molar-refractivity contribution in [3.8, 4) is 11.5 Å². The molecule has 3 rings (SSSR count). The molecule has 0 fully saturated rings. The van der Waals surface area contributed by atoms with Gasteiger partial charge >= 0.3 is 0 Å². The highest BCUT2D eigenvalue weighted by Crippen LogP contribution is 2.36. The number of ether oxygens (including phenoxy) is 2. The Balaban J connectivity index is 1.88. The number of rotatable bonds is 1. The average molecular weight is 233 g/mol. The van der Waals surface area contributed by atoms with Crippen molar-refractivity contribution in [1.29, 1.82) is 0 Å². The van der Waals surface area contributed by atoms with Crippen LogP contribution in [0.3, 0.4) is 0 Å². The smallest absolute Gasteiger partial charge is 0.184 e. The summed E-state index contributed by atoms with van der Waals surface area (Å²) in [7, 11) is 0. The molecule has 0 saturated heterocycles. The number of aryl methyl sites for hydroxylation is 1. The third-order valence-corrected chi connectivity index (χ3v) is 3.43. The van der Waals surface area contributed by atoms with E-state index in [1.165, 1.54) is 4.88 Å². The van der Waals surface area contributed by atoms with Gasteiger partial charge in [-0.15, -0.1) is 11.3 Å². The predicted octanol–water partition coefficient (Wildman–Crippen LogP) is 2.96. The molecule has 2 aromatic rings. The number of nitrogens with zero attached hydrogens (tertiary/aromatic N) is 1. The van der Waals surface area contributed by atoms with Gasteiger partial charge in [-0.1, -0.05) is 12.1 Å². The minimum absolute atomic E-state index is 0.0754. The van der Waals surface area contributed by atoms with Crippen molar-refractivity contribution in [2.45, 2.75) is 13.0 Å². The van der Waals surface area contributed by atoms with Gasteiger partial charge in [-0.3, -0.25) is 0 Å². The van der Waals surface area contributed by atoms with Crippen LogP contribution in [-0.2, 0) is 0 Å². The lowest BCUT2D eigenvalue weighted by Gasteiger charge is -2.24. The van der Waals surface area contributed by atoms with Crippen molar-refractivity contribution in [3.63, 3.8) is 0 Å². The van der Waals surface area contributed by atoms with Crippen LogP contribution in [0.25, 0.3) is 0 Å². The summed E-state index contributed by atoms with van der Waals surface area (Å²) in [5, 5.41) is 0.979. The molecule has 1 aliphatic rings. The van der Waals surface area contributed by atoms with Gasteiger partial charge in [0.1, 0.15) is 11.6 Å². The van der Waals surface area contributed by atoms with Gasteiger partial charge in [-0.05, 0) is 19.1 Å². The van der Waals surface area contributed by atoms with Crippen LogP contribution in [0.1, 0.15) is 16.0 Å². The molecule has 1 aromatic carbocycles. The minimum Gasteiger partial charge on any atom is -0.485 e. The highest BCUT2D eigenvalue weighted by atomic mass is 32.1. The van der Waals surface area contributed by atoms with Crippen LogP contribution in [-0.4, -0.2) is 11.6 Å². The zero-order chi connectivity index (χ0) is 11.0. The quantitative estimate of drug-likeness (QED) is 0.758. The van der Waals surface area contributed by atoms with Gasteiger partial charge in [0.15, 0.2) is 17.6 Å². The summed E-state index contributed by atoms with van der Waals surface area (Å²) in [6.07, 6.45) is 1.79. The molecule has 0 N–H and O–H groups in total. The first-order valence-corrected chi connectivity index (χ1v) is 5.95. The summed E-state index contributed by atoms with van der Waals surface area (Å²) < 4.78 is 11.5. The SMILES string of the molecule is Cc1cnc(C2COc3ccccc3O2)s1. The molecule has 0 radical (unpaired) electrons. The molecule has 0 aliphatic carbocycles. The van der Waals surface area contributed by atoms with Gasteiger partial charge < -0.3 is 9.47 Å². The number of aromatic nitrogens is 1. The lowest BCUT2D eigenvalue weighted by Crippen LogP contribution is -2.21. The second-order valence-electron chi connectivity index (χ2n) is 3.67. The van der Waals surface area contributed by atoms with Gasteiger partial charge in [-0.25, -0.2) is 4.98 Å². The predicted molar refractivity (Wildman–Crippen MR) is 62.2 cm³/mol. The summed E-state index contributed by atoms with van der Waals surface area (Å²) in [6, 6.07) is 7.72. The molecule has 1 aliphatic heterocycles. The summed E-state index contributed by atoms with van der Waals surface area (Å²) in [5.41, 5.74) is 0. The van der Waals surface area contributed by atoms with E-state index in [-0.39, 0.29) is 6.10 Å². The van der Waals surface area contributed by atoms with Crippen LogP contribution in [0.5, 0.6) is 11.5 Å². The third kappa shape index (κ3) is 1.65. The molecule has 2 heterocycles. The fraction of sp³-hybridized carbons (Fsp3) is 0.250. The standard InChI is InChI=1S/C12H11NO2S/c1-8-6-13-12(16-8)11-7-14-9-4-2-3-5-10(9)15-11/h2-6,11H,7H2,1H3. The van der Waals surface area contributed by atoms with Crippen molar-refractivity contribution < 1.29 is 9.47 Å². The van der Waals surface area contributed by atoms with Gasteiger partial charge in [0.25, 0.3) is 0 Å². The van der Waals surface area contributed by atoms with Crippen molar-refractivity contribution in [3.05, 3.63) is 40.3 Å². The number of hydrogen-bond acceptors (Lipinski definition) is 4. The lowest BCUT2D eigenvalue weighted by molar-refractivity contribution is 0.0911. The van der Waals surface area contributed by atoms with Crippen LogP contribution >= 0.6 is 11.3 Å². The first kappa shape index (κ1) is 9.66. The molecule has 4 heteroatoms. The van der Waals surface area contributed by atoms with Crippen LogP contribution in [0, 0.1) is 6.92 Å². The topological polar surface area (TPSA) is 31.4 Å². The molecule has 1 unspecified atom stereocenters. The van der Waals surface area contributed by atoms with Crippen molar-refractivity contribution in [1.82, 2.24) is 4.98 Å². The molecule has 82 valence electrons. The maximum atomic E-state index is 5.85. The van der Waals surface area contributed by atoms with Gasteiger partial charge in [0, 0.05) is 11.1 Å². The van der Waals surface area contributed by atoms with Gasteiger partial charge in [0.05, 0.1) is 0 Å². The number of benzene rings is 1. The first-order valence-electron chi connectivity index (χ1n) is 5.14. The largest absolute Gasteiger partial charge is 0.485 e. The van der Waals surface area contributed by atoms with E-state index >= 15 is 0 Å². The molecule has 3 nitrogen and oxygen atoms in total. The Morgan fingerprint density at radius 3 is 2.88 bits per heavy atom. The summed E-state index contributed by atoms with van der Waals surface area (Å²) >= 11 is 1.65. The molecular weight excluding hydrogens is 222 g/mol. The molecule has 0 amide bonds. The molecule has 1 atom stereocenters. The maximum Gasteiger partial charge on any atom is 0.184 e. The minimum atomic E-state index is -0.0754. The highest BCUT2D eigenvalue weighted by Gasteiger charge is 2.24. The van der Waals surface area contributed by atoms with Gasteiger partial charge in [0.2, 0.25) is 0 Å². The van der Waals surface area contributed by atoms with E-state index in [9.17, 15) is 0 Å². The van der Waals surface area contributed by atoms with E-state index in [4.69, 9.17) is 9.47 Å². The Labute approximate surface area is 97.7 Å². The average Bonchev–Trinajstić information content (AvgIpc) is 2.75. The fourth-order valence-electron chi connectivity index (χ4n) is 1.66. The molecule has 1 aromatic heterocycles. The van der Waals surface area contributed by atoms with E-state index in [1.54, 1.807) is 11.3 Å². The molecule has 0 bridgehead atoms. The lowest BCUT2D eigenvalue weighted by atomic mass is 10.2. The molecule has 0 saturated carbocycles. The second-order valence-corrected chi connectivity index (χ2v) is 4.94. The Morgan fingerprint density at radius 1 is 1.31 bits per heavy atom. The highest BCUT2D eigenvalue weighted by molar-refractivity contribution is 7.11. The van der Waals surface area contributed by atoms with Crippen molar-refractivity contribution in [2.24, 2.45) is 0 Å². The Morgan fingerprint density at radius 2 is 2.12 bits per heavy atom. The molecule has 0 spiro atoms. The van der Waals surface area contributed by atoms with E-state index in [1.807, 2.05) is 37.4 Å². The number of fused-ring (bicyclic) bond motifs is 1. The Kier molecular flexibility index (Phi) is 2.29. The van der Waals surface area contributed by atoms with Crippen LogP contribution in [0.2, 0.25) is 0 Å². The van der Waals surface area contributed by atoms with E-state index in [0.29, 0.717) is 6.61 Å². The van der Waals surface area contributed by atoms with Crippen LogP contribution in [0.4, 0.5) is 0 Å². The summed E-state index contributed by atoms with van der Waals surface area (Å²) in [4.78, 5) is 5.52. The zero-order valence-corrected chi connectivity index (χ0v) is 9.66. The third-order valence-electron chi connectivity index (χ3n) is 2.42. The second kappa shape index (κ2) is 3.79. The molecule has 16 heavy (non-hydrogen) atoms. The van der Waals surface area contributed by atoms with Crippen molar-refractivity contribution >= 4 is 11.3 Å². The maximum absolute atomic E-state index is 5.85. The summed E-state index contributed by atoms with van der Waals surface area (Å²) in [6.45, 7) is 2.57. The summed E-state index contributed by atoms with van der Waals surface area (Å²) in [5.74, 6) is 1.61. The van der Waals surface area contributed by atoms with E-state index < -0.39 is 0 Å². The fourth-order valence-corrected chi connectivity index (χ4v) is 2.45. The first-order chi connectivity index (χ1) is 7.83. The van der Waals surface area contributed by atoms with Crippen molar-refractivity contribution in [2.75, 3.05) is 6.61 Å². The number of para-hydroxylation sites is 2.